The predicted octanol–water partition coefficient (Wildman–Crippen LogP) is 13.8. The lowest BCUT2D eigenvalue weighted by Gasteiger charge is -2.14. The molecule has 0 aliphatic heterocycles. The first-order valence-electron chi connectivity index (χ1n) is 18.8. The molecule has 0 fully saturated rings. The molecule has 260 valence electrons. The van der Waals surface area contributed by atoms with Gasteiger partial charge in [0.15, 0.2) is 0 Å². The van der Waals surface area contributed by atoms with E-state index in [-0.39, 0.29) is 0 Å². The minimum absolute atomic E-state index is 0.665. The molecule has 0 bridgehead atoms. The van der Waals surface area contributed by atoms with Crippen molar-refractivity contribution in [1.82, 2.24) is 9.97 Å². The highest BCUT2D eigenvalue weighted by molar-refractivity contribution is 6.05. The number of hydrogen-bond donors (Lipinski definition) is 0. The largest absolute Gasteiger partial charge is 0.244 e. The van der Waals surface area contributed by atoms with Crippen LogP contribution in [0, 0.1) is 11.3 Å². The fourth-order valence-corrected chi connectivity index (χ4v) is 7.88. The second kappa shape index (κ2) is 14.0. The summed E-state index contributed by atoms with van der Waals surface area (Å²) in [5.74, 6) is 0. The van der Waals surface area contributed by atoms with E-state index >= 15 is 0 Å². The molecule has 56 heavy (non-hydrogen) atoms. The summed E-state index contributed by atoms with van der Waals surface area (Å²) in [5.41, 5.74) is 15.4. The van der Waals surface area contributed by atoms with Crippen LogP contribution in [0.1, 0.15) is 5.56 Å². The van der Waals surface area contributed by atoms with E-state index in [2.05, 4.69) is 158 Å². The number of nitriles is 1. The van der Waals surface area contributed by atoms with Gasteiger partial charge < -0.3 is 0 Å². The number of hydrogen-bond acceptors (Lipinski definition) is 3. The maximum atomic E-state index is 9.18. The highest BCUT2D eigenvalue weighted by Gasteiger charge is 2.16. The molecule has 0 spiro atoms. The van der Waals surface area contributed by atoms with E-state index in [1.165, 1.54) is 43.8 Å². The number of aromatic nitrogens is 2. The van der Waals surface area contributed by atoms with Gasteiger partial charge in [-0.25, -0.2) is 9.97 Å². The normalized spacial score (nSPS) is 11.2. The van der Waals surface area contributed by atoms with Crippen LogP contribution in [-0.4, -0.2) is 9.97 Å². The predicted molar refractivity (Wildman–Crippen MR) is 232 cm³/mol. The molecule has 10 rings (SSSR count). The van der Waals surface area contributed by atoms with Gasteiger partial charge in [-0.05, 0) is 90.3 Å². The minimum atomic E-state index is 0.665. The second-order valence-electron chi connectivity index (χ2n) is 14.1. The van der Waals surface area contributed by atoms with Gasteiger partial charge in [0.2, 0.25) is 0 Å². The van der Waals surface area contributed by atoms with Gasteiger partial charge >= 0.3 is 0 Å². The molecule has 10 aromatic rings. The Hall–Kier alpha value is -7.67. The summed E-state index contributed by atoms with van der Waals surface area (Å²) in [7, 11) is 0. The van der Waals surface area contributed by atoms with Crippen molar-refractivity contribution in [1.29, 1.82) is 5.26 Å². The number of para-hydroxylation sites is 2. The third-order valence-electron chi connectivity index (χ3n) is 10.8. The number of rotatable bonds is 6. The Labute approximate surface area is 325 Å². The van der Waals surface area contributed by atoms with Gasteiger partial charge in [0.1, 0.15) is 0 Å². The number of fused-ring (bicyclic) bond motifs is 3. The molecule has 0 amide bonds. The van der Waals surface area contributed by atoms with Crippen LogP contribution in [0.4, 0.5) is 0 Å². The van der Waals surface area contributed by atoms with Gasteiger partial charge in [0, 0.05) is 11.1 Å². The molecule has 1 aromatic heterocycles. The van der Waals surface area contributed by atoms with E-state index in [0.29, 0.717) is 5.56 Å². The molecular weight excluding hydrogens is 679 g/mol. The van der Waals surface area contributed by atoms with Crippen molar-refractivity contribution in [3.05, 3.63) is 206 Å². The van der Waals surface area contributed by atoms with E-state index in [1.807, 2.05) is 48.5 Å². The van der Waals surface area contributed by atoms with Gasteiger partial charge in [-0.15, -0.1) is 0 Å². The van der Waals surface area contributed by atoms with E-state index in [1.54, 1.807) is 0 Å². The Morgan fingerprint density at radius 3 is 1.18 bits per heavy atom. The molecule has 0 N–H and O–H groups in total. The summed E-state index contributed by atoms with van der Waals surface area (Å²) in [5, 5.41) is 14.1. The third-order valence-corrected chi connectivity index (χ3v) is 10.8. The fraction of sp³-hybridized carbons (Fsp3) is 0. The molecule has 0 aliphatic rings. The van der Waals surface area contributed by atoms with E-state index < -0.39 is 0 Å². The Kier molecular flexibility index (Phi) is 8.21. The summed E-state index contributed by atoms with van der Waals surface area (Å²) < 4.78 is 0. The summed E-state index contributed by atoms with van der Waals surface area (Å²) >= 11 is 0. The summed E-state index contributed by atoms with van der Waals surface area (Å²) in [6.07, 6.45) is 0. The Morgan fingerprint density at radius 2 is 0.679 bits per heavy atom. The number of benzene rings is 9. The Bertz CT molecular complexity index is 3100. The zero-order valence-electron chi connectivity index (χ0n) is 30.4. The monoisotopic (exact) mass is 711 g/mol. The quantitative estimate of drug-likeness (QED) is 0.173. The van der Waals surface area contributed by atoms with Crippen LogP contribution in [0.15, 0.2) is 200 Å². The van der Waals surface area contributed by atoms with Gasteiger partial charge in [-0.1, -0.05) is 176 Å². The van der Waals surface area contributed by atoms with Crippen LogP contribution >= 0.6 is 0 Å². The molecule has 0 atom stereocenters. The zero-order chi connectivity index (χ0) is 37.4. The van der Waals surface area contributed by atoms with Crippen molar-refractivity contribution in [3.8, 4) is 73.1 Å². The molecule has 0 unspecified atom stereocenters. The molecule has 0 saturated carbocycles. The molecule has 3 nitrogen and oxygen atoms in total. The van der Waals surface area contributed by atoms with Gasteiger partial charge in [-0.2, -0.15) is 5.26 Å². The zero-order valence-corrected chi connectivity index (χ0v) is 30.4. The van der Waals surface area contributed by atoms with Gasteiger partial charge in [0.25, 0.3) is 0 Å². The van der Waals surface area contributed by atoms with E-state index in [0.717, 1.165) is 55.8 Å². The molecule has 0 aliphatic carbocycles. The average Bonchev–Trinajstić information content (AvgIpc) is 3.28. The van der Waals surface area contributed by atoms with Crippen molar-refractivity contribution in [3.63, 3.8) is 0 Å². The van der Waals surface area contributed by atoms with Crippen molar-refractivity contribution in [2.45, 2.75) is 0 Å². The summed E-state index contributed by atoms with van der Waals surface area (Å²) in [6.45, 7) is 0. The lowest BCUT2D eigenvalue weighted by Crippen LogP contribution is -1.96. The number of nitrogens with zero attached hydrogens (tertiary/aromatic N) is 3. The first kappa shape index (κ1) is 32.9. The smallest absolute Gasteiger partial charge is 0.0991 e. The van der Waals surface area contributed by atoms with Crippen molar-refractivity contribution < 1.29 is 0 Å². The fourth-order valence-electron chi connectivity index (χ4n) is 7.88. The van der Waals surface area contributed by atoms with Crippen LogP contribution < -0.4 is 0 Å². The Morgan fingerprint density at radius 1 is 0.304 bits per heavy atom. The lowest BCUT2D eigenvalue weighted by atomic mass is 9.91. The molecule has 0 radical (unpaired) electrons. The standard InChI is InChI=1S/C53H33N3/c54-34-35-16-18-36(19-17-35)37-20-22-40(23-21-37)46-32-33-47(49-12-4-3-11-48(46)49)41-26-30-43(31-27-41)53-52(55-50-14-5-6-15-51(50)56-53)42-28-24-39(25-29-42)45-13-7-9-38-8-1-2-10-44(38)45/h1-33H. The highest BCUT2D eigenvalue weighted by Crippen LogP contribution is 2.39. The van der Waals surface area contributed by atoms with Gasteiger partial charge in [0.05, 0.1) is 34.1 Å². The molecule has 9 aromatic carbocycles. The molecule has 3 heteroatoms. The summed E-state index contributed by atoms with van der Waals surface area (Å²) in [6, 6.07) is 72.3. The SMILES string of the molecule is N#Cc1ccc(-c2ccc(-c3ccc(-c4ccc(-c5nc6ccccc6nc5-c5ccc(-c6cccc7ccccc67)cc5)cc4)c4ccccc34)cc2)cc1. The second-order valence-corrected chi connectivity index (χ2v) is 14.1. The van der Waals surface area contributed by atoms with Crippen molar-refractivity contribution >= 4 is 32.6 Å². The lowest BCUT2D eigenvalue weighted by molar-refractivity contribution is 1.29. The Balaban J connectivity index is 0.998. The van der Waals surface area contributed by atoms with Crippen LogP contribution in [0.2, 0.25) is 0 Å². The minimum Gasteiger partial charge on any atom is -0.244 e. The highest BCUT2D eigenvalue weighted by atomic mass is 14.8. The van der Waals surface area contributed by atoms with Crippen LogP contribution in [0.25, 0.3) is 99.6 Å². The maximum absolute atomic E-state index is 9.18. The van der Waals surface area contributed by atoms with Crippen molar-refractivity contribution in [2.24, 2.45) is 0 Å². The van der Waals surface area contributed by atoms with Crippen molar-refractivity contribution in [2.75, 3.05) is 0 Å². The van der Waals surface area contributed by atoms with Crippen LogP contribution in [0.5, 0.6) is 0 Å². The van der Waals surface area contributed by atoms with Crippen LogP contribution in [-0.2, 0) is 0 Å². The van der Waals surface area contributed by atoms with Crippen LogP contribution in [0.3, 0.4) is 0 Å². The van der Waals surface area contributed by atoms with Gasteiger partial charge in [-0.3, -0.25) is 0 Å². The summed E-state index contributed by atoms with van der Waals surface area (Å²) in [4.78, 5) is 10.4. The molecule has 0 saturated heterocycles. The first-order chi connectivity index (χ1) is 27.7. The average molecular weight is 712 g/mol. The topological polar surface area (TPSA) is 49.6 Å². The first-order valence-corrected chi connectivity index (χ1v) is 18.8. The molecule has 1 heterocycles. The third kappa shape index (κ3) is 5.97. The maximum Gasteiger partial charge on any atom is 0.0991 e. The van der Waals surface area contributed by atoms with E-state index in [4.69, 9.17) is 9.97 Å². The molecular formula is C53H33N3. The van der Waals surface area contributed by atoms with E-state index in [9.17, 15) is 5.26 Å².